The Bertz CT molecular complexity index is 579. The zero-order valence-corrected chi connectivity index (χ0v) is 12.7. The molecule has 0 saturated carbocycles. The molecule has 0 spiro atoms. The van der Waals surface area contributed by atoms with Crippen molar-refractivity contribution < 1.29 is 4.79 Å². The molecule has 0 atom stereocenters. The fourth-order valence-corrected chi connectivity index (χ4v) is 2.28. The van der Waals surface area contributed by atoms with E-state index in [-0.39, 0.29) is 5.78 Å². The van der Waals surface area contributed by atoms with Crippen molar-refractivity contribution in [3.8, 4) is 0 Å². The van der Waals surface area contributed by atoms with Crippen molar-refractivity contribution in [2.75, 3.05) is 5.73 Å². The van der Waals surface area contributed by atoms with Crippen LogP contribution in [0.25, 0.3) is 0 Å². The number of rotatable bonds is 3. The molecule has 92 valence electrons. The first-order chi connectivity index (χ1) is 8.56. The van der Waals surface area contributed by atoms with Gasteiger partial charge in [0, 0.05) is 26.6 Å². The molecule has 2 aromatic rings. The minimum Gasteiger partial charge on any atom is -0.398 e. The molecular weight excluding hydrogens is 358 g/mol. The van der Waals surface area contributed by atoms with Crippen molar-refractivity contribution in [1.82, 2.24) is 0 Å². The van der Waals surface area contributed by atoms with Crippen molar-refractivity contribution in [3.63, 3.8) is 0 Å². The number of halogens is 2. The van der Waals surface area contributed by atoms with E-state index in [2.05, 4.69) is 31.9 Å². The van der Waals surface area contributed by atoms with Crippen LogP contribution in [0.15, 0.2) is 51.4 Å². The molecule has 0 radical (unpaired) electrons. The second kappa shape index (κ2) is 5.67. The number of anilines is 1. The Morgan fingerprint density at radius 2 is 1.61 bits per heavy atom. The highest BCUT2D eigenvalue weighted by molar-refractivity contribution is 9.10. The van der Waals surface area contributed by atoms with Crippen LogP contribution in [0.5, 0.6) is 0 Å². The monoisotopic (exact) mass is 367 g/mol. The predicted molar refractivity (Wildman–Crippen MR) is 80.7 cm³/mol. The topological polar surface area (TPSA) is 43.1 Å². The van der Waals surface area contributed by atoms with Crippen LogP contribution in [0.3, 0.4) is 0 Å². The van der Waals surface area contributed by atoms with Gasteiger partial charge in [0.25, 0.3) is 0 Å². The first-order valence-electron chi connectivity index (χ1n) is 5.39. The number of nitrogen functional groups attached to an aromatic ring is 1. The highest BCUT2D eigenvalue weighted by atomic mass is 79.9. The quantitative estimate of drug-likeness (QED) is 0.651. The largest absolute Gasteiger partial charge is 0.398 e. The number of benzene rings is 2. The molecule has 0 fully saturated rings. The van der Waals surface area contributed by atoms with E-state index in [1.807, 2.05) is 30.3 Å². The lowest BCUT2D eigenvalue weighted by Gasteiger charge is -2.06. The molecular formula is C14H11Br2NO. The molecule has 2 N–H and O–H groups in total. The SMILES string of the molecule is Nc1ccc(Br)cc1C(=O)Cc1ccc(Br)cc1. The first kappa shape index (κ1) is 13.3. The van der Waals surface area contributed by atoms with Gasteiger partial charge in [0.2, 0.25) is 0 Å². The van der Waals surface area contributed by atoms with E-state index in [9.17, 15) is 4.79 Å². The third kappa shape index (κ3) is 3.21. The van der Waals surface area contributed by atoms with Crippen LogP contribution >= 0.6 is 31.9 Å². The lowest BCUT2D eigenvalue weighted by Crippen LogP contribution is -2.07. The van der Waals surface area contributed by atoms with Gasteiger partial charge in [-0.25, -0.2) is 0 Å². The molecule has 0 aliphatic rings. The van der Waals surface area contributed by atoms with Gasteiger partial charge in [-0.05, 0) is 35.9 Å². The van der Waals surface area contributed by atoms with Gasteiger partial charge in [-0.1, -0.05) is 44.0 Å². The third-order valence-electron chi connectivity index (χ3n) is 2.59. The summed E-state index contributed by atoms with van der Waals surface area (Å²) in [5.41, 5.74) is 7.87. The minimum absolute atomic E-state index is 0.0242. The lowest BCUT2D eigenvalue weighted by atomic mass is 10.0. The van der Waals surface area contributed by atoms with Gasteiger partial charge >= 0.3 is 0 Å². The number of Topliss-reactive ketones (excluding diaryl/α,β-unsaturated/α-hetero) is 1. The molecule has 2 aromatic carbocycles. The van der Waals surface area contributed by atoms with Gasteiger partial charge < -0.3 is 5.73 Å². The van der Waals surface area contributed by atoms with Gasteiger partial charge in [0.1, 0.15) is 0 Å². The highest BCUT2D eigenvalue weighted by Crippen LogP contribution is 2.20. The number of ketones is 1. The fraction of sp³-hybridized carbons (Fsp3) is 0.0714. The summed E-state index contributed by atoms with van der Waals surface area (Å²) >= 11 is 6.71. The Labute approximate surface area is 122 Å². The molecule has 0 unspecified atom stereocenters. The fourth-order valence-electron chi connectivity index (χ4n) is 1.65. The molecule has 4 heteroatoms. The molecule has 0 saturated heterocycles. The average molecular weight is 369 g/mol. The molecule has 0 aliphatic carbocycles. The maximum Gasteiger partial charge on any atom is 0.169 e. The van der Waals surface area contributed by atoms with Crippen molar-refractivity contribution in [2.45, 2.75) is 6.42 Å². The summed E-state index contributed by atoms with van der Waals surface area (Å²) in [5, 5.41) is 0. The summed E-state index contributed by atoms with van der Waals surface area (Å²) in [6.07, 6.45) is 0.355. The maximum absolute atomic E-state index is 12.2. The Balaban J connectivity index is 2.21. The summed E-state index contributed by atoms with van der Waals surface area (Å²) in [7, 11) is 0. The van der Waals surface area contributed by atoms with Crippen LogP contribution < -0.4 is 5.73 Å². The third-order valence-corrected chi connectivity index (χ3v) is 3.62. The Kier molecular flexibility index (Phi) is 4.19. The van der Waals surface area contributed by atoms with E-state index < -0.39 is 0 Å². The lowest BCUT2D eigenvalue weighted by molar-refractivity contribution is 0.0994. The van der Waals surface area contributed by atoms with E-state index in [1.165, 1.54) is 0 Å². The summed E-state index contributed by atoms with van der Waals surface area (Å²) in [6.45, 7) is 0. The van der Waals surface area contributed by atoms with Gasteiger partial charge in [0.15, 0.2) is 5.78 Å². The second-order valence-corrected chi connectivity index (χ2v) is 5.79. The molecule has 2 rings (SSSR count). The summed E-state index contributed by atoms with van der Waals surface area (Å²) in [6, 6.07) is 13.0. The maximum atomic E-state index is 12.2. The van der Waals surface area contributed by atoms with Crippen LogP contribution in [0.2, 0.25) is 0 Å². The van der Waals surface area contributed by atoms with Crippen molar-refractivity contribution >= 4 is 43.3 Å². The highest BCUT2D eigenvalue weighted by Gasteiger charge is 2.11. The normalized spacial score (nSPS) is 10.3. The number of carbonyl (C=O) groups excluding carboxylic acids is 1. The van der Waals surface area contributed by atoms with E-state index in [4.69, 9.17) is 5.73 Å². The molecule has 0 aromatic heterocycles. The molecule has 0 amide bonds. The van der Waals surface area contributed by atoms with Gasteiger partial charge in [-0.15, -0.1) is 0 Å². The number of carbonyl (C=O) groups is 1. The summed E-state index contributed by atoms with van der Waals surface area (Å²) in [5.74, 6) is 0.0242. The van der Waals surface area contributed by atoms with E-state index in [0.717, 1.165) is 14.5 Å². The van der Waals surface area contributed by atoms with E-state index in [0.29, 0.717) is 17.7 Å². The molecule has 2 nitrogen and oxygen atoms in total. The minimum atomic E-state index is 0.0242. The van der Waals surface area contributed by atoms with Crippen LogP contribution in [0.4, 0.5) is 5.69 Å². The molecule has 0 heterocycles. The molecule has 0 bridgehead atoms. The van der Waals surface area contributed by atoms with Gasteiger partial charge in [-0.3, -0.25) is 4.79 Å². The Morgan fingerprint density at radius 1 is 1.00 bits per heavy atom. The average Bonchev–Trinajstić information content (AvgIpc) is 2.35. The zero-order valence-electron chi connectivity index (χ0n) is 9.49. The summed E-state index contributed by atoms with van der Waals surface area (Å²) in [4.78, 5) is 12.2. The van der Waals surface area contributed by atoms with Crippen LogP contribution in [0.1, 0.15) is 15.9 Å². The van der Waals surface area contributed by atoms with Gasteiger partial charge in [0.05, 0.1) is 0 Å². The Hall–Kier alpha value is -1.13. The van der Waals surface area contributed by atoms with Crippen molar-refractivity contribution in [3.05, 3.63) is 62.5 Å². The second-order valence-electron chi connectivity index (χ2n) is 3.96. The van der Waals surface area contributed by atoms with Crippen LogP contribution in [-0.4, -0.2) is 5.78 Å². The van der Waals surface area contributed by atoms with Gasteiger partial charge in [-0.2, -0.15) is 0 Å². The van der Waals surface area contributed by atoms with E-state index in [1.54, 1.807) is 12.1 Å². The van der Waals surface area contributed by atoms with Crippen LogP contribution in [-0.2, 0) is 6.42 Å². The standard InChI is InChI=1S/C14H11Br2NO/c15-10-3-1-9(2-4-10)7-14(18)12-8-11(16)5-6-13(12)17/h1-6,8H,7,17H2. The first-order valence-corrected chi connectivity index (χ1v) is 6.97. The zero-order chi connectivity index (χ0) is 13.1. The summed E-state index contributed by atoms with van der Waals surface area (Å²) < 4.78 is 1.86. The molecule has 0 aliphatic heterocycles. The number of nitrogens with two attached hydrogens (primary N) is 1. The van der Waals surface area contributed by atoms with E-state index >= 15 is 0 Å². The van der Waals surface area contributed by atoms with Crippen LogP contribution in [0, 0.1) is 0 Å². The predicted octanol–water partition coefficient (Wildman–Crippen LogP) is 4.22. The van der Waals surface area contributed by atoms with Crippen molar-refractivity contribution in [1.29, 1.82) is 0 Å². The Morgan fingerprint density at radius 3 is 2.28 bits per heavy atom. The smallest absolute Gasteiger partial charge is 0.169 e. The number of hydrogen-bond donors (Lipinski definition) is 1. The number of hydrogen-bond acceptors (Lipinski definition) is 2. The molecule has 18 heavy (non-hydrogen) atoms. The van der Waals surface area contributed by atoms with Crippen molar-refractivity contribution in [2.24, 2.45) is 0 Å².